The smallest absolute Gasteiger partial charge is 0.235 e. The van der Waals surface area contributed by atoms with Gasteiger partial charge in [-0.05, 0) is 29.4 Å². The van der Waals surface area contributed by atoms with Crippen molar-refractivity contribution in [2.45, 2.75) is 4.83 Å². The van der Waals surface area contributed by atoms with Gasteiger partial charge < -0.3 is 5.73 Å². The average molecular weight is 476 g/mol. The van der Waals surface area contributed by atoms with Gasteiger partial charge in [-0.25, -0.2) is 0 Å². The minimum atomic E-state index is -0.446. The second-order valence-electron chi connectivity index (χ2n) is 6.52. The molecule has 4 heteroatoms. The van der Waals surface area contributed by atoms with Crippen LogP contribution in [0.1, 0.15) is 10.4 Å². The highest BCUT2D eigenvalue weighted by Crippen LogP contribution is 2.32. The Labute approximate surface area is 187 Å². The standard InChI is InChI=1S/C18H15P.C8H8BrNO/c1-4-10-16(11-5-1)19(17-12-6-2-7-13-17)18-14-8-3-9-15-18;9-7(8(10)11)6-4-2-1-3-5-6/h1-15H;1-5,7H,(H2,10,11). The fourth-order valence-corrected chi connectivity index (χ4v) is 5.58. The largest absolute Gasteiger partial charge is 0.368 e. The molecule has 1 atom stereocenters. The molecular formula is C26H23BrNOP. The van der Waals surface area contributed by atoms with Gasteiger partial charge in [0.1, 0.15) is 4.83 Å². The Morgan fingerprint density at radius 3 is 1.20 bits per heavy atom. The van der Waals surface area contributed by atoms with Gasteiger partial charge in [0.05, 0.1) is 0 Å². The summed E-state index contributed by atoms with van der Waals surface area (Å²) in [6, 6.07) is 41.7. The van der Waals surface area contributed by atoms with Crippen LogP contribution in [0.5, 0.6) is 0 Å². The van der Waals surface area contributed by atoms with Crippen molar-refractivity contribution in [2.24, 2.45) is 5.73 Å². The number of primary amides is 1. The maximum Gasteiger partial charge on any atom is 0.235 e. The first-order valence-electron chi connectivity index (χ1n) is 9.60. The molecule has 0 fully saturated rings. The zero-order valence-corrected chi connectivity index (χ0v) is 18.9. The lowest BCUT2D eigenvalue weighted by atomic mass is 10.1. The van der Waals surface area contributed by atoms with Crippen molar-refractivity contribution in [3.05, 3.63) is 127 Å². The van der Waals surface area contributed by atoms with Crippen molar-refractivity contribution in [1.82, 2.24) is 0 Å². The monoisotopic (exact) mass is 475 g/mol. The highest BCUT2D eigenvalue weighted by molar-refractivity contribution is 9.09. The van der Waals surface area contributed by atoms with Gasteiger partial charge in [0.2, 0.25) is 5.91 Å². The second-order valence-corrected chi connectivity index (χ2v) is 9.65. The third-order valence-electron chi connectivity index (χ3n) is 4.39. The molecule has 30 heavy (non-hydrogen) atoms. The van der Waals surface area contributed by atoms with Crippen LogP contribution in [0.2, 0.25) is 0 Å². The Hall–Kier alpha value is -2.74. The molecule has 150 valence electrons. The first-order chi connectivity index (χ1) is 14.7. The molecule has 0 radical (unpaired) electrons. The minimum absolute atomic E-state index is 0.365. The third-order valence-corrected chi connectivity index (χ3v) is 7.81. The Kier molecular flexibility index (Phi) is 8.38. The number of nitrogens with two attached hydrogens (primary N) is 1. The Bertz CT molecular complexity index is 934. The summed E-state index contributed by atoms with van der Waals surface area (Å²) < 4.78 is 0. The summed E-state index contributed by atoms with van der Waals surface area (Å²) in [7, 11) is -0.446. The molecule has 0 bridgehead atoms. The predicted molar refractivity (Wildman–Crippen MR) is 132 cm³/mol. The van der Waals surface area contributed by atoms with E-state index in [4.69, 9.17) is 5.73 Å². The highest BCUT2D eigenvalue weighted by Gasteiger charge is 2.15. The maximum atomic E-state index is 10.7. The Morgan fingerprint density at radius 2 is 0.900 bits per heavy atom. The minimum Gasteiger partial charge on any atom is -0.368 e. The van der Waals surface area contributed by atoms with E-state index >= 15 is 0 Å². The van der Waals surface area contributed by atoms with Gasteiger partial charge in [-0.3, -0.25) is 4.79 Å². The quantitative estimate of drug-likeness (QED) is 0.318. The molecule has 0 aliphatic carbocycles. The SMILES string of the molecule is NC(=O)C(Br)c1ccccc1.c1ccc(P(c2ccccc2)c2ccccc2)cc1. The Morgan fingerprint density at radius 1 is 0.600 bits per heavy atom. The number of rotatable bonds is 5. The molecule has 0 saturated heterocycles. The van der Waals surface area contributed by atoms with Gasteiger partial charge in [-0.15, -0.1) is 0 Å². The Balaban J connectivity index is 0.000000199. The van der Waals surface area contributed by atoms with Crippen molar-refractivity contribution < 1.29 is 4.79 Å². The molecule has 0 spiro atoms. The van der Waals surface area contributed by atoms with E-state index in [-0.39, 0.29) is 10.7 Å². The van der Waals surface area contributed by atoms with E-state index in [1.54, 1.807) is 0 Å². The van der Waals surface area contributed by atoms with E-state index in [9.17, 15) is 4.79 Å². The second kappa shape index (κ2) is 11.4. The van der Waals surface area contributed by atoms with Crippen LogP contribution in [-0.2, 0) is 4.79 Å². The van der Waals surface area contributed by atoms with Crippen LogP contribution in [0, 0.1) is 0 Å². The number of alkyl halides is 1. The molecule has 0 heterocycles. The van der Waals surface area contributed by atoms with Gasteiger partial charge in [-0.1, -0.05) is 137 Å². The van der Waals surface area contributed by atoms with Crippen LogP contribution >= 0.6 is 23.9 Å². The lowest BCUT2D eigenvalue weighted by Crippen LogP contribution is -2.20. The molecule has 2 nitrogen and oxygen atoms in total. The van der Waals surface area contributed by atoms with Crippen molar-refractivity contribution in [2.75, 3.05) is 0 Å². The maximum absolute atomic E-state index is 10.7. The number of hydrogen-bond acceptors (Lipinski definition) is 1. The molecule has 0 saturated carbocycles. The van der Waals surface area contributed by atoms with Crippen LogP contribution < -0.4 is 21.6 Å². The zero-order chi connectivity index (χ0) is 21.2. The number of halogens is 1. The van der Waals surface area contributed by atoms with E-state index in [1.165, 1.54) is 15.9 Å². The fourth-order valence-electron chi connectivity index (χ4n) is 2.96. The molecule has 1 unspecified atom stereocenters. The lowest BCUT2D eigenvalue weighted by Gasteiger charge is -2.18. The van der Waals surface area contributed by atoms with Gasteiger partial charge >= 0.3 is 0 Å². The van der Waals surface area contributed by atoms with Crippen molar-refractivity contribution in [3.8, 4) is 0 Å². The van der Waals surface area contributed by atoms with Gasteiger partial charge in [0.25, 0.3) is 0 Å². The van der Waals surface area contributed by atoms with E-state index in [2.05, 4.69) is 107 Å². The molecule has 0 aromatic heterocycles. The fraction of sp³-hybridized carbons (Fsp3) is 0.0385. The first kappa shape index (κ1) is 22.0. The van der Waals surface area contributed by atoms with Gasteiger partial charge in [0.15, 0.2) is 0 Å². The third kappa shape index (κ3) is 6.13. The number of carbonyl (C=O) groups is 1. The van der Waals surface area contributed by atoms with Crippen molar-refractivity contribution in [1.29, 1.82) is 0 Å². The van der Waals surface area contributed by atoms with E-state index in [1.807, 2.05) is 30.3 Å². The summed E-state index contributed by atoms with van der Waals surface area (Å²) in [4.78, 5) is 10.3. The topological polar surface area (TPSA) is 43.1 Å². The average Bonchev–Trinajstić information content (AvgIpc) is 2.82. The number of amides is 1. The van der Waals surface area contributed by atoms with Crippen LogP contribution in [0.15, 0.2) is 121 Å². The van der Waals surface area contributed by atoms with Crippen LogP contribution in [0.4, 0.5) is 0 Å². The summed E-state index contributed by atoms with van der Waals surface area (Å²) in [6.45, 7) is 0. The summed E-state index contributed by atoms with van der Waals surface area (Å²) in [6.07, 6.45) is 0. The van der Waals surface area contributed by atoms with Crippen molar-refractivity contribution >= 4 is 45.7 Å². The molecule has 0 aliphatic heterocycles. The molecular weight excluding hydrogens is 453 g/mol. The molecule has 0 aliphatic rings. The number of hydrogen-bond donors (Lipinski definition) is 1. The normalized spacial score (nSPS) is 11.3. The molecule has 4 aromatic carbocycles. The van der Waals surface area contributed by atoms with Gasteiger partial charge in [-0.2, -0.15) is 0 Å². The lowest BCUT2D eigenvalue weighted by molar-refractivity contribution is -0.117. The van der Waals surface area contributed by atoms with E-state index < -0.39 is 7.92 Å². The molecule has 4 rings (SSSR count). The van der Waals surface area contributed by atoms with Crippen LogP contribution in [-0.4, -0.2) is 5.91 Å². The summed E-state index contributed by atoms with van der Waals surface area (Å²) in [5.41, 5.74) is 5.97. The van der Waals surface area contributed by atoms with E-state index in [0.717, 1.165) is 5.56 Å². The molecule has 4 aromatic rings. The highest BCUT2D eigenvalue weighted by atomic mass is 79.9. The molecule has 2 N–H and O–H groups in total. The van der Waals surface area contributed by atoms with Crippen LogP contribution in [0.3, 0.4) is 0 Å². The van der Waals surface area contributed by atoms with Gasteiger partial charge in [0, 0.05) is 0 Å². The first-order valence-corrected chi connectivity index (χ1v) is 11.9. The predicted octanol–water partition coefficient (Wildman–Crippen LogP) is 5.05. The molecule has 1 amide bonds. The number of carbonyl (C=O) groups excluding carboxylic acids is 1. The number of benzene rings is 4. The summed E-state index contributed by atoms with van der Waals surface area (Å²) in [5, 5.41) is 4.19. The van der Waals surface area contributed by atoms with E-state index in [0.29, 0.717) is 0 Å². The zero-order valence-electron chi connectivity index (χ0n) is 16.4. The van der Waals surface area contributed by atoms with Crippen molar-refractivity contribution in [3.63, 3.8) is 0 Å². The summed E-state index contributed by atoms with van der Waals surface area (Å²) >= 11 is 3.18. The summed E-state index contributed by atoms with van der Waals surface area (Å²) in [5.74, 6) is -0.365. The van der Waals surface area contributed by atoms with Crippen LogP contribution in [0.25, 0.3) is 0 Å².